The maximum absolute atomic E-state index is 7.63. The minimum absolute atomic E-state index is 0.00501. The van der Waals surface area contributed by atoms with Crippen LogP contribution in [0.25, 0.3) is 0 Å². The molecule has 21 heavy (non-hydrogen) atoms. The van der Waals surface area contributed by atoms with E-state index in [9.17, 15) is 0 Å². The molecule has 0 aliphatic carbocycles. The summed E-state index contributed by atoms with van der Waals surface area (Å²) in [5, 5.41) is 7.63. The summed E-state index contributed by atoms with van der Waals surface area (Å²) in [6, 6.07) is 13.5. The topological polar surface area (TPSA) is 68.3 Å². The zero-order valence-electron chi connectivity index (χ0n) is 12.3. The van der Waals surface area contributed by atoms with E-state index in [4.69, 9.17) is 20.6 Å². The highest BCUT2D eigenvalue weighted by Gasteiger charge is 2.10. The molecular weight excluding hydrogens is 264 g/mol. The number of methoxy groups -OCH3 is 1. The molecule has 0 atom stereocenters. The molecule has 110 valence electrons. The highest BCUT2D eigenvalue weighted by Crippen LogP contribution is 2.29. The van der Waals surface area contributed by atoms with Crippen molar-refractivity contribution in [3.63, 3.8) is 0 Å². The first kappa shape index (κ1) is 15.1. The molecule has 2 aromatic rings. The van der Waals surface area contributed by atoms with E-state index in [0.717, 1.165) is 17.7 Å². The molecule has 4 nitrogen and oxygen atoms in total. The SMILES string of the molecule is COCCc1ccc(Oc2c(C)cccc2C(=N)N)cc1. The van der Waals surface area contributed by atoms with E-state index >= 15 is 0 Å². The third-order valence-electron chi connectivity index (χ3n) is 3.24. The quantitative estimate of drug-likeness (QED) is 0.632. The fourth-order valence-corrected chi connectivity index (χ4v) is 2.06. The Hall–Kier alpha value is -2.33. The van der Waals surface area contributed by atoms with E-state index in [1.54, 1.807) is 13.2 Å². The molecule has 4 heteroatoms. The van der Waals surface area contributed by atoms with Gasteiger partial charge >= 0.3 is 0 Å². The summed E-state index contributed by atoms with van der Waals surface area (Å²) in [6.45, 7) is 2.64. The number of nitrogens with two attached hydrogens (primary N) is 1. The average Bonchev–Trinajstić information content (AvgIpc) is 2.48. The Morgan fingerprint density at radius 2 is 1.86 bits per heavy atom. The molecule has 0 saturated carbocycles. The van der Waals surface area contributed by atoms with Gasteiger partial charge in [0.05, 0.1) is 12.2 Å². The summed E-state index contributed by atoms with van der Waals surface area (Å²) in [5.74, 6) is 1.37. The van der Waals surface area contributed by atoms with Gasteiger partial charge in [-0.25, -0.2) is 0 Å². The molecule has 0 aromatic heterocycles. The summed E-state index contributed by atoms with van der Waals surface area (Å²) in [4.78, 5) is 0. The first-order valence-electron chi connectivity index (χ1n) is 6.81. The Balaban J connectivity index is 2.20. The van der Waals surface area contributed by atoms with Crippen molar-refractivity contribution >= 4 is 5.84 Å². The van der Waals surface area contributed by atoms with Crippen LogP contribution in [0.1, 0.15) is 16.7 Å². The molecule has 0 saturated heterocycles. The van der Waals surface area contributed by atoms with Crippen LogP contribution in [0.5, 0.6) is 11.5 Å². The zero-order valence-corrected chi connectivity index (χ0v) is 12.3. The first-order chi connectivity index (χ1) is 10.1. The summed E-state index contributed by atoms with van der Waals surface area (Å²) in [6.07, 6.45) is 0.875. The number of amidine groups is 1. The number of para-hydroxylation sites is 1. The molecule has 0 aliphatic rings. The number of ether oxygens (including phenoxy) is 2. The lowest BCUT2D eigenvalue weighted by atomic mass is 10.1. The van der Waals surface area contributed by atoms with Gasteiger partial charge in [0.15, 0.2) is 0 Å². The number of nitrogens with one attached hydrogen (secondary N) is 1. The Kier molecular flexibility index (Phi) is 4.95. The number of nitrogen functional groups attached to an aromatic ring is 1. The molecule has 0 aliphatic heterocycles. The van der Waals surface area contributed by atoms with E-state index in [2.05, 4.69) is 0 Å². The highest BCUT2D eigenvalue weighted by atomic mass is 16.5. The van der Waals surface area contributed by atoms with Crippen LogP contribution in [-0.2, 0) is 11.2 Å². The van der Waals surface area contributed by atoms with E-state index in [0.29, 0.717) is 17.9 Å². The minimum Gasteiger partial charge on any atom is -0.456 e. The zero-order chi connectivity index (χ0) is 15.2. The van der Waals surface area contributed by atoms with Crippen molar-refractivity contribution in [3.8, 4) is 11.5 Å². The third-order valence-corrected chi connectivity index (χ3v) is 3.24. The van der Waals surface area contributed by atoms with Crippen molar-refractivity contribution in [1.82, 2.24) is 0 Å². The molecule has 0 spiro atoms. The van der Waals surface area contributed by atoms with Crippen LogP contribution >= 0.6 is 0 Å². The Labute approximate surface area is 125 Å². The second-order valence-corrected chi connectivity index (χ2v) is 4.85. The van der Waals surface area contributed by atoms with Gasteiger partial charge in [-0.05, 0) is 42.7 Å². The average molecular weight is 284 g/mol. The van der Waals surface area contributed by atoms with Crippen LogP contribution in [0, 0.1) is 12.3 Å². The lowest BCUT2D eigenvalue weighted by Gasteiger charge is -2.13. The van der Waals surface area contributed by atoms with E-state index in [-0.39, 0.29) is 5.84 Å². The van der Waals surface area contributed by atoms with Crippen molar-refractivity contribution in [2.24, 2.45) is 5.73 Å². The van der Waals surface area contributed by atoms with Gasteiger partial charge in [-0.15, -0.1) is 0 Å². The molecule has 0 fully saturated rings. The molecule has 0 amide bonds. The number of hydrogen-bond donors (Lipinski definition) is 2. The van der Waals surface area contributed by atoms with Crippen LogP contribution in [-0.4, -0.2) is 19.6 Å². The summed E-state index contributed by atoms with van der Waals surface area (Å²) >= 11 is 0. The van der Waals surface area contributed by atoms with Gasteiger partial charge in [-0.3, -0.25) is 5.41 Å². The smallest absolute Gasteiger partial charge is 0.141 e. The fraction of sp³-hybridized carbons (Fsp3) is 0.235. The maximum Gasteiger partial charge on any atom is 0.141 e. The minimum atomic E-state index is 0.00501. The molecular formula is C17H20N2O2. The molecule has 0 bridgehead atoms. The van der Waals surface area contributed by atoms with Crippen LogP contribution in [0.4, 0.5) is 0 Å². The number of benzene rings is 2. The third kappa shape index (κ3) is 3.83. The predicted molar refractivity (Wildman–Crippen MR) is 84.3 cm³/mol. The van der Waals surface area contributed by atoms with Gasteiger partial charge < -0.3 is 15.2 Å². The monoisotopic (exact) mass is 284 g/mol. The van der Waals surface area contributed by atoms with Crippen molar-refractivity contribution < 1.29 is 9.47 Å². The Morgan fingerprint density at radius 3 is 2.48 bits per heavy atom. The van der Waals surface area contributed by atoms with Crippen molar-refractivity contribution in [2.45, 2.75) is 13.3 Å². The molecule has 0 heterocycles. The van der Waals surface area contributed by atoms with Crippen LogP contribution in [0.15, 0.2) is 42.5 Å². The van der Waals surface area contributed by atoms with Crippen molar-refractivity contribution in [2.75, 3.05) is 13.7 Å². The normalized spacial score (nSPS) is 10.4. The lowest BCUT2D eigenvalue weighted by Crippen LogP contribution is -2.12. The van der Waals surface area contributed by atoms with E-state index in [1.165, 1.54) is 5.56 Å². The van der Waals surface area contributed by atoms with E-state index < -0.39 is 0 Å². The lowest BCUT2D eigenvalue weighted by molar-refractivity contribution is 0.202. The molecule has 3 N–H and O–H groups in total. The van der Waals surface area contributed by atoms with Crippen molar-refractivity contribution in [1.29, 1.82) is 5.41 Å². The maximum atomic E-state index is 7.63. The summed E-state index contributed by atoms with van der Waals surface area (Å²) in [7, 11) is 1.69. The van der Waals surface area contributed by atoms with Gasteiger partial charge in [-0.1, -0.05) is 24.3 Å². The molecule has 2 aromatic carbocycles. The van der Waals surface area contributed by atoms with Crippen LogP contribution < -0.4 is 10.5 Å². The largest absolute Gasteiger partial charge is 0.456 e. The van der Waals surface area contributed by atoms with Crippen LogP contribution in [0.2, 0.25) is 0 Å². The predicted octanol–water partition coefficient (Wildman–Crippen LogP) is 3.26. The highest BCUT2D eigenvalue weighted by molar-refractivity contribution is 5.98. The summed E-state index contributed by atoms with van der Waals surface area (Å²) in [5.41, 5.74) is 8.36. The number of hydrogen-bond acceptors (Lipinski definition) is 3. The van der Waals surface area contributed by atoms with Crippen LogP contribution in [0.3, 0.4) is 0 Å². The van der Waals surface area contributed by atoms with Crippen molar-refractivity contribution in [3.05, 3.63) is 59.2 Å². The standard InChI is InChI=1S/C17H20N2O2/c1-12-4-3-5-15(17(18)19)16(12)21-14-8-6-13(7-9-14)10-11-20-2/h3-9H,10-11H2,1-2H3,(H3,18,19). The second-order valence-electron chi connectivity index (χ2n) is 4.85. The number of rotatable bonds is 6. The number of aryl methyl sites for hydroxylation is 1. The van der Waals surface area contributed by atoms with Gasteiger partial charge in [0.1, 0.15) is 17.3 Å². The molecule has 2 rings (SSSR count). The summed E-state index contributed by atoms with van der Waals surface area (Å²) < 4.78 is 11.0. The second kappa shape index (κ2) is 6.90. The molecule has 0 radical (unpaired) electrons. The van der Waals surface area contributed by atoms with Gasteiger partial charge in [-0.2, -0.15) is 0 Å². The van der Waals surface area contributed by atoms with Gasteiger partial charge in [0.25, 0.3) is 0 Å². The van der Waals surface area contributed by atoms with E-state index in [1.807, 2.05) is 43.3 Å². The van der Waals surface area contributed by atoms with Gasteiger partial charge in [0, 0.05) is 7.11 Å². The Morgan fingerprint density at radius 1 is 1.14 bits per heavy atom. The first-order valence-corrected chi connectivity index (χ1v) is 6.81. The molecule has 0 unspecified atom stereocenters. The Bertz CT molecular complexity index is 621. The van der Waals surface area contributed by atoms with Gasteiger partial charge in [0.2, 0.25) is 0 Å². The fourth-order valence-electron chi connectivity index (χ4n) is 2.06.